The van der Waals surface area contributed by atoms with Gasteiger partial charge in [0.1, 0.15) is 5.02 Å². The molecule has 0 bridgehead atoms. The third kappa shape index (κ3) is 4.04. The number of fused-ring (bicyclic) bond motifs is 1. The van der Waals surface area contributed by atoms with E-state index < -0.39 is 32.1 Å². The molecule has 14 heteroatoms. The van der Waals surface area contributed by atoms with Crippen molar-refractivity contribution >= 4 is 50.5 Å². The minimum atomic E-state index is -4.42. The van der Waals surface area contributed by atoms with Crippen LogP contribution in [0.2, 0.25) is 10.0 Å². The molecule has 0 unspecified atom stereocenters. The van der Waals surface area contributed by atoms with Gasteiger partial charge in [-0.25, -0.2) is 4.79 Å². The topological polar surface area (TPSA) is 125 Å². The second kappa shape index (κ2) is 7.97. The van der Waals surface area contributed by atoms with Gasteiger partial charge in [-0.3, -0.25) is 4.72 Å². The van der Waals surface area contributed by atoms with E-state index in [-0.39, 0.29) is 34.5 Å². The molecule has 0 spiro atoms. The summed E-state index contributed by atoms with van der Waals surface area (Å²) in [5, 5.41) is 2.69. The molecule has 0 saturated carbocycles. The van der Waals surface area contributed by atoms with Crippen LogP contribution in [0, 0.1) is 5.95 Å². The molecule has 154 valence electrons. The standard InChI is InChI=1S/C15H12Cl2FN5O5S/c1-3-28-15-19-11(18)10(17)12-20-14(21-23(12)15)29(25,26)22-9-5-4-7(16)6-8(9)13(24)27-2/h4-6,22H,3H2,1-2H3. The molecule has 0 fully saturated rings. The zero-order chi connectivity index (χ0) is 21.3. The van der Waals surface area contributed by atoms with Gasteiger partial charge in [-0.1, -0.05) is 23.2 Å². The molecule has 2 aromatic heterocycles. The number of aromatic nitrogens is 4. The van der Waals surface area contributed by atoms with Gasteiger partial charge in [0.05, 0.1) is 25.0 Å². The second-order valence-electron chi connectivity index (χ2n) is 5.35. The fourth-order valence-corrected chi connectivity index (χ4v) is 3.54. The van der Waals surface area contributed by atoms with Crippen molar-refractivity contribution in [2.24, 2.45) is 0 Å². The Morgan fingerprint density at radius 2 is 2.03 bits per heavy atom. The van der Waals surface area contributed by atoms with E-state index in [1.54, 1.807) is 6.92 Å². The molecule has 0 radical (unpaired) electrons. The highest BCUT2D eigenvalue weighted by Crippen LogP contribution is 2.26. The smallest absolute Gasteiger partial charge is 0.340 e. The Balaban J connectivity index is 2.10. The molecule has 2 heterocycles. The van der Waals surface area contributed by atoms with E-state index in [0.717, 1.165) is 11.6 Å². The lowest BCUT2D eigenvalue weighted by atomic mass is 10.2. The highest BCUT2D eigenvalue weighted by molar-refractivity contribution is 7.92. The lowest BCUT2D eigenvalue weighted by Gasteiger charge is -2.10. The Morgan fingerprint density at radius 1 is 1.31 bits per heavy atom. The first kappa shape index (κ1) is 21.0. The van der Waals surface area contributed by atoms with Crippen LogP contribution in [0.5, 0.6) is 6.01 Å². The Labute approximate surface area is 173 Å². The largest absolute Gasteiger partial charge is 0.465 e. The van der Waals surface area contributed by atoms with Crippen molar-refractivity contribution in [3.8, 4) is 6.01 Å². The first-order chi connectivity index (χ1) is 13.7. The number of nitrogens with zero attached hydrogens (tertiary/aromatic N) is 4. The number of halogens is 3. The molecule has 10 nitrogen and oxygen atoms in total. The van der Waals surface area contributed by atoms with Gasteiger partial charge >= 0.3 is 12.0 Å². The van der Waals surface area contributed by atoms with Crippen molar-refractivity contribution in [2.75, 3.05) is 18.4 Å². The summed E-state index contributed by atoms with van der Waals surface area (Å²) in [6, 6.07) is 3.53. The number of esters is 1. The summed E-state index contributed by atoms with van der Waals surface area (Å²) in [7, 11) is -3.29. The number of rotatable bonds is 6. The van der Waals surface area contributed by atoms with Crippen molar-refractivity contribution in [1.82, 2.24) is 19.6 Å². The van der Waals surface area contributed by atoms with Crippen LogP contribution in [0.15, 0.2) is 23.4 Å². The summed E-state index contributed by atoms with van der Waals surface area (Å²) in [6.07, 6.45) is 0. The maximum absolute atomic E-state index is 13.9. The average Bonchev–Trinajstić information content (AvgIpc) is 3.13. The SMILES string of the molecule is CCOc1nc(F)c(Cl)c2nc(S(=O)(=O)Nc3ccc(Cl)cc3C(=O)OC)nn12. The van der Waals surface area contributed by atoms with E-state index in [9.17, 15) is 17.6 Å². The number of anilines is 1. The second-order valence-corrected chi connectivity index (χ2v) is 7.74. The molecule has 0 aliphatic rings. The molecule has 0 aliphatic carbocycles. The van der Waals surface area contributed by atoms with Gasteiger partial charge in [0.2, 0.25) is 5.95 Å². The first-order valence-corrected chi connectivity index (χ1v) is 10.1. The lowest BCUT2D eigenvalue weighted by Crippen LogP contribution is -2.17. The van der Waals surface area contributed by atoms with Crippen LogP contribution in [0.4, 0.5) is 10.1 Å². The van der Waals surface area contributed by atoms with Crippen LogP contribution in [0.1, 0.15) is 17.3 Å². The van der Waals surface area contributed by atoms with Crippen LogP contribution >= 0.6 is 23.2 Å². The van der Waals surface area contributed by atoms with E-state index in [0.29, 0.717) is 0 Å². The highest BCUT2D eigenvalue weighted by Gasteiger charge is 2.27. The normalized spacial score (nSPS) is 11.5. The average molecular weight is 464 g/mol. The molecule has 3 aromatic rings. The summed E-state index contributed by atoms with van der Waals surface area (Å²) < 4.78 is 52.2. The molecular weight excluding hydrogens is 452 g/mol. The molecule has 1 N–H and O–H groups in total. The molecule has 3 rings (SSSR count). The number of sulfonamides is 1. The van der Waals surface area contributed by atoms with Crippen molar-refractivity contribution in [2.45, 2.75) is 12.1 Å². The number of hydrogen-bond acceptors (Lipinski definition) is 8. The highest BCUT2D eigenvalue weighted by atomic mass is 35.5. The maximum Gasteiger partial charge on any atom is 0.340 e. The summed E-state index contributed by atoms with van der Waals surface area (Å²) in [4.78, 5) is 19.2. The van der Waals surface area contributed by atoms with Gasteiger partial charge in [0.15, 0.2) is 5.65 Å². The van der Waals surface area contributed by atoms with E-state index in [4.69, 9.17) is 27.9 Å². The fraction of sp³-hybridized carbons (Fsp3) is 0.200. The molecule has 0 saturated heterocycles. The number of ether oxygens (including phenoxy) is 2. The molecule has 1 aromatic carbocycles. The Bertz CT molecular complexity index is 1220. The van der Waals surface area contributed by atoms with E-state index >= 15 is 0 Å². The van der Waals surface area contributed by atoms with Crippen molar-refractivity contribution in [1.29, 1.82) is 0 Å². The predicted molar refractivity (Wildman–Crippen MR) is 101 cm³/mol. The number of carbonyl (C=O) groups is 1. The van der Waals surface area contributed by atoms with Crippen molar-refractivity contribution in [3.63, 3.8) is 0 Å². The zero-order valence-electron chi connectivity index (χ0n) is 14.8. The maximum atomic E-state index is 13.9. The zero-order valence-corrected chi connectivity index (χ0v) is 17.1. The van der Waals surface area contributed by atoms with Crippen molar-refractivity contribution < 1.29 is 27.1 Å². The third-order valence-corrected chi connectivity index (χ3v) is 5.19. The number of benzene rings is 1. The predicted octanol–water partition coefficient (Wildman–Crippen LogP) is 2.56. The van der Waals surface area contributed by atoms with Gasteiger partial charge in [-0.2, -0.15) is 27.3 Å². The fourth-order valence-electron chi connectivity index (χ4n) is 2.25. The first-order valence-electron chi connectivity index (χ1n) is 7.83. The minimum absolute atomic E-state index is 0.108. The van der Waals surface area contributed by atoms with Crippen molar-refractivity contribution in [3.05, 3.63) is 39.8 Å². The quantitative estimate of drug-likeness (QED) is 0.436. The van der Waals surface area contributed by atoms with Crippen LogP contribution < -0.4 is 9.46 Å². The van der Waals surface area contributed by atoms with Crippen LogP contribution in [-0.2, 0) is 14.8 Å². The van der Waals surface area contributed by atoms with Gasteiger partial charge in [0.25, 0.3) is 15.2 Å². The minimum Gasteiger partial charge on any atom is -0.465 e. The molecule has 29 heavy (non-hydrogen) atoms. The summed E-state index contributed by atoms with van der Waals surface area (Å²) in [5.74, 6) is -1.92. The van der Waals surface area contributed by atoms with Crippen LogP contribution in [0.3, 0.4) is 0 Å². The Hall–Kier alpha value is -2.70. The summed E-state index contributed by atoms with van der Waals surface area (Å²) in [6.45, 7) is 1.72. The third-order valence-electron chi connectivity index (χ3n) is 3.49. The Kier molecular flexibility index (Phi) is 5.78. The van der Waals surface area contributed by atoms with E-state index in [2.05, 4.69) is 24.5 Å². The molecule has 0 amide bonds. The van der Waals surface area contributed by atoms with Gasteiger partial charge < -0.3 is 9.47 Å². The summed E-state index contributed by atoms with van der Waals surface area (Å²) >= 11 is 11.7. The number of hydrogen-bond donors (Lipinski definition) is 1. The van der Waals surface area contributed by atoms with Crippen LogP contribution in [-0.4, -0.2) is 47.7 Å². The number of methoxy groups -OCH3 is 1. The van der Waals surface area contributed by atoms with E-state index in [1.807, 2.05) is 0 Å². The van der Waals surface area contributed by atoms with Gasteiger partial charge in [0, 0.05) is 5.02 Å². The molecule has 0 atom stereocenters. The summed E-state index contributed by atoms with van der Waals surface area (Å²) in [5.41, 5.74) is -0.569. The number of carbonyl (C=O) groups excluding carboxylic acids is 1. The number of nitrogens with one attached hydrogen (secondary N) is 1. The lowest BCUT2D eigenvalue weighted by molar-refractivity contribution is 0.0602. The molecule has 0 aliphatic heterocycles. The van der Waals surface area contributed by atoms with E-state index in [1.165, 1.54) is 18.2 Å². The van der Waals surface area contributed by atoms with Gasteiger partial charge in [-0.05, 0) is 25.1 Å². The molecular formula is C15H12Cl2FN5O5S. The van der Waals surface area contributed by atoms with Crippen LogP contribution in [0.25, 0.3) is 5.65 Å². The van der Waals surface area contributed by atoms with Gasteiger partial charge in [-0.15, -0.1) is 5.10 Å². The monoisotopic (exact) mass is 463 g/mol. The Morgan fingerprint density at radius 3 is 2.69 bits per heavy atom.